The summed E-state index contributed by atoms with van der Waals surface area (Å²) in [5.41, 5.74) is 1.04. The number of halogens is 1. The first-order valence-corrected chi connectivity index (χ1v) is 9.81. The summed E-state index contributed by atoms with van der Waals surface area (Å²) in [4.78, 5) is 6.19. The fraction of sp³-hybridized carbons (Fsp3) is 0.500. The van der Waals surface area contributed by atoms with Crippen molar-refractivity contribution in [3.8, 4) is 0 Å². The molecule has 0 unspecified atom stereocenters. The molecule has 1 aliphatic heterocycles. The third-order valence-electron chi connectivity index (χ3n) is 4.24. The second kappa shape index (κ2) is 8.90. The molecular formula is C18H24ClN3OS. The average Bonchev–Trinajstić information content (AvgIpc) is 2.99. The van der Waals surface area contributed by atoms with Gasteiger partial charge in [-0.15, -0.1) is 11.8 Å². The molecule has 0 aliphatic carbocycles. The first-order valence-electron chi connectivity index (χ1n) is 8.45. The number of hydrogen-bond acceptors (Lipinski definition) is 5. The van der Waals surface area contributed by atoms with Gasteiger partial charge >= 0.3 is 0 Å². The summed E-state index contributed by atoms with van der Waals surface area (Å²) in [6.07, 6.45) is 1.19. The minimum atomic E-state index is 0.860. The minimum Gasteiger partial charge on any atom is -0.361 e. The summed E-state index contributed by atoms with van der Waals surface area (Å²) in [6, 6.07) is 10.1. The van der Waals surface area contributed by atoms with E-state index in [0.29, 0.717) is 0 Å². The van der Waals surface area contributed by atoms with E-state index in [4.69, 9.17) is 16.1 Å². The molecule has 0 N–H and O–H groups in total. The largest absolute Gasteiger partial charge is 0.361 e. The van der Waals surface area contributed by atoms with Crippen molar-refractivity contribution in [3.63, 3.8) is 0 Å². The van der Waals surface area contributed by atoms with Gasteiger partial charge in [0.25, 0.3) is 0 Å². The van der Waals surface area contributed by atoms with Crippen LogP contribution < -0.4 is 0 Å². The summed E-state index contributed by atoms with van der Waals surface area (Å²) in [6.45, 7) is 8.46. The van der Waals surface area contributed by atoms with Crippen LogP contribution in [0.4, 0.5) is 0 Å². The van der Waals surface area contributed by atoms with Crippen molar-refractivity contribution in [1.82, 2.24) is 15.0 Å². The molecular weight excluding hydrogens is 342 g/mol. The average molecular weight is 366 g/mol. The van der Waals surface area contributed by atoms with Gasteiger partial charge in [-0.2, -0.15) is 0 Å². The van der Waals surface area contributed by atoms with Gasteiger partial charge in [0.2, 0.25) is 0 Å². The fourth-order valence-electron chi connectivity index (χ4n) is 2.92. The molecule has 2 aromatic rings. The number of piperazine rings is 1. The molecule has 130 valence electrons. The summed E-state index contributed by atoms with van der Waals surface area (Å²) in [5.74, 6) is 2.00. The van der Waals surface area contributed by atoms with Crippen molar-refractivity contribution in [1.29, 1.82) is 0 Å². The topological polar surface area (TPSA) is 32.5 Å². The smallest absolute Gasteiger partial charge is 0.133 e. The van der Waals surface area contributed by atoms with Gasteiger partial charge in [-0.1, -0.05) is 28.9 Å². The van der Waals surface area contributed by atoms with E-state index in [9.17, 15) is 0 Å². The maximum atomic E-state index is 6.19. The van der Waals surface area contributed by atoms with Crippen LogP contribution in [0, 0.1) is 6.92 Å². The third-order valence-corrected chi connectivity index (χ3v) is 5.84. The van der Waals surface area contributed by atoms with E-state index >= 15 is 0 Å². The molecule has 1 aromatic heterocycles. The van der Waals surface area contributed by atoms with E-state index in [0.717, 1.165) is 61.5 Å². The SMILES string of the molecule is Cc1cc(CN2CCN(CCCSc3ccccc3Cl)CC2)no1. The monoisotopic (exact) mass is 365 g/mol. The van der Waals surface area contributed by atoms with Crippen LogP contribution in [0.15, 0.2) is 39.8 Å². The Morgan fingerprint density at radius 3 is 2.62 bits per heavy atom. The van der Waals surface area contributed by atoms with Crippen molar-refractivity contribution < 1.29 is 4.52 Å². The Balaban J connectivity index is 1.32. The van der Waals surface area contributed by atoms with Crippen LogP contribution in [0.25, 0.3) is 0 Å². The Morgan fingerprint density at radius 1 is 1.17 bits per heavy atom. The van der Waals surface area contributed by atoms with E-state index in [1.54, 1.807) is 0 Å². The van der Waals surface area contributed by atoms with Gasteiger partial charge in [0.05, 0.1) is 10.7 Å². The van der Waals surface area contributed by atoms with Crippen molar-refractivity contribution in [2.45, 2.75) is 24.8 Å². The lowest BCUT2D eigenvalue weighted by atomic mass is 10.2. The molecule has 1 saturated heterocycles. The Bertz CT molecular complexity index is 641. The molecule has 1 fully saturated rings. The van der Waals surface area contributed by atoms with Gasteiger partial charge < -0.3 is 9.42 Å². The molecule has 0 spiro atoms. The molecule has 0 bridgehead atoms. The standard InChI is InChI=1S/C18H24ClN3OS/c1-15-13-16(20-23-15)14-22-10-8-21(9-11-22)7-4-12-24-18-6-3-2-5-17(18)19/h2-3,5-6,13H,4,7-12,14H2,1H3. The van der Waals surface area contributed by atoms with E-state index < -0.39 is 0 Å². The maximum absolute atomic E-state index is 6.19. The van der Waals surface area contributed by atoms with Crippen LogP contribution in [0.1, 0.15) is 17.9 Å². The van der Waals surface area contributed by atoms with Gasteiger partial charge in [-0.05, 0) is 37.8 Å². The molecule has 1 aliphatic rings. The Hall–Kier alpha value is -1.01. The predicted octanol–water partition coefficient (Wildman–Crippen LogP) is 3.94. The zero-order chi connectivity index (χ0) is 16.8. The lowest BCUT2D eigenvalue weighted by Crippen LogP contribution is -2.46. The van der Waals surface area contributed by atoms with Crippen LogP contribution in [0.2, 0.25) is 5.02 Å². The van der Waals surface area contributed by atoms with Crippen LogP contribution in [-0.2, 0) is 6.54 Å². The maximum Gasteiger partial charge on any atom is 0.133 e. The zero-order valence-electron chi connectivity index (χ0n) is 14.1. The third kappa shape index (κ3) is 5.24. The first-order chi connectivity index (χ1) is 11.7. The molecule has 0 amide bonds. The highest BCUT2D eigenvalue weighted by Gasteiger charge is 2.17. The lowest BCUT2D eigenvalue weighted by molar-refractivity contribution is 0.125. The van der Waals surface area contributed by atoms with Crippen LogP contribution >= 0.6 is 23.4 Å². The van der Waals surface area contributed by atoms with Crippen molar-refractivity contribution >= 4 is 23.4 Å². The number of hydrogen-bond donors (Lipinski definition) is 0. The summed E-state index contributed by atoms with van der Waals surface area (Å²) < 4.78 is 5.14. The molecule has 24 heavy (non-hydrogen) atoms. The Morgan fingerprint density at radius 2 is 1.92 bits per heavy atom. The molecule has 0 saturated carbocycles. The van der Waals surface area contributed by atoms with Crippen molar-refractivity contribution in [2.75, 3.05) is 38.5 Å². The van der Waals surface area contributed by atoms with Gasteiger partial charge in [0.1, 0.15) is 5.76 Å². The fourth-order valence-corrected chi connectivity index (χ4v) is 4.10. The van der Waals surface area contributed by atoms with E-state index in [-0.39, 0.29) is 0 Å². The molecule has 6 heteroatoms. The van der Waals surface area contributed by atoms with Gasteiger partial charge in [-0.25, -0.2) is 0 Å². The van der Waals surface area contributed by atoms with E-state index in [1.165, 1.54) is 11.3 Å². The van der Waals surface area contributed by atoms with Crippen molar-refractivity contribution in [3.05, 3.63) is 46.8 Å². The molecule has 0 radical (unpaired) electrons. The second-order valence-corrected chi connectivity index (χ2v) is 7.72. The first kappa shape index (κ1) is 17.8. The number of nitrogens with zero attached hydrogens (tertiary/aromatic N) is 3. The normalized spacial score (nSPS) is 16.6. The highest BCUT2D eigenvalue weighted by Crippen LogP contribution is 2.27. The number of rotatable bonds is 7. The number of aromatic nitrogens is 1. The van der Waals surface area contributed by atoms with Crippen LogP contribution in [-0.4, -0.2) is 53.4 Å². The van der Waals surface area contributed by atoms with Crippen LogP contribution in [0.3, 0.4) is 0 Å². The summed E-state index contributed by atoms with van der Waals surface area (Å²) >= 11 is 8.04. The molecule has 1 aromatic carbocycles. The minimum absolute atomic E-state index is 0.860. The molecule has 4 nitrogen and oxygen atoms in total. The lowest BCUT2D eigenvalue weighted by Gasteiger charge is -2.34. The Kier molecular flexibility index (Phi) is 6.60. The number of benzene rings is 1. The predicted molar refractivity (Wildman–Crippen MR) is 99.8 cm³/mol. The zero-order valence-corrected chi connectivity index (χ0v) is 15.7. The quantitative estimate of drug-likeness (QED) is 0.548. The van der Waals surface area contributed by atoms with Gasteiger partial charge in [0, 0.05) is 43.7 Å². The highest BCUT2D eigenvalue weighted by atomic mass is 35.5. The van der Waals surface area contributed by atoms with Crippen LogP contribution in [0.5, 0.6) is 0 Å². The van der Waals surface area contributed by atoms with Gasteiger partial charge in [0.15, 0.2) is 0 Å². The second-order valence-electron chi connectivity index (χ2n) is 6.18. The summed E-state index contributed by atoms with van der Waals surface area (Å²) in [5, 5.41) is 4.94. The summed E-state index contributed by atoms with van der Waals surface area (Å²) in [7, 11) is 0. The number of thioether (sulfide) groups is 1. The van der Waals surface area contributed by atoms with E-state index in [1.807, 2.05) is 43.0 Å². The molecule has 0 atom stereocenters. The molecule has 3 rings (SSSR count). The van der Waals surface area contributed by atoms with Gasteiger partial charge in [-0.3, -0.25) is 4.90 Å². The molecule has 2 heterocycles. The number of aryl methyl sites for hydroxylation is 1. The Labute approximate surface area is 153 Å². The van der Waals surface area contributed by atoms with Crippen molar-refractivity contribution in [2.24, 2.45) is 0 Å². The highest BCUT2D eigenvalue weighted by molar-refractivity contribution is 7.99. The van der Waals surface area contributed by atoms with E-state index in [2.05, 4.69) is 21.0 Å².